The number of hydrogen-bond donors (Lipinski definition) is 0. The number of ether oxygens (including phenoxy) is 1. The Kier molecular flexibility index (Phi) is 2.40. The third kappa shape index (κ3) is 1.39. The Morgan fingerprint density at radius 1 is 1.67 bits per heavy atom. The van der Waals surface area contributed by atoms with Crippen molar-refractivity contribution in [3.63, 3.8) is 0 Å². The van der Waals surface area contributed by atoms with E-state index >= 15 is 0 Å². The van der Waals surface area contributed by atoms with Gasteiger partial charge in [0.1, 0.15) is 11.9 Å². The molecule has 0 spiro atoms. The Hall–Kier alpha value is -1.48. The van der Waals surface area contributed by atoms with E-state index in [0.717, 1.165) is 16.7 Å². The fourth-order valence-electron chi connectivity index (χ4n) is 1.91. The van der Waals surface area contributed by atoms with E-state index in [1.165, 1.54) is 6.07 Å². The Bertz CT molecular complexity index is 438. The van der Waals surface area contributed by atoms with Crippen molar-refractivity contribution >= 4 is 12.4 Å². The highest BCUT2D eigenvalue weighted by Gasteiger charge is 2.28. The first-order chi connectivity index (χ1) is 7.19. The van der Waals surface area contributed by atoms with Gasteiger partial charge in [0.2, 0.25) is 0 Å². The van der Waals surface area contributed by atoms with Gasteiger partial charge in [0.15, 0.2) is 6.29 Å². The molecule has 0 N–H and O–H groups in total. The Balaban J connectivity index is 2.67. The second-order valence-corrected chi connectivity index (χ2v) is 3.54. The van der Waals surface area contributed by atoms with Crippen LogP contribution in [-0.2, 0) is 16.1 Å². The van der Waals surface area contributed by atoms with Crippen molar-refractivity contribution in [2.45, 2.75) is 19.6 Å². The molecule has 1 atom stereocenters. The molecule has 1 aromatic rings. The van der Waals surface area contributed by atoms with Crippen molar-refractivity contribution in [1.82, 2.24) is 0 Å². The van der Waals surface area contributed by atoms with Gasteiger partial charge in [-0.1, -0.05) is 12.7 Å². The molecule has 0 saturated heterocycles. The van der Waals surface area contributed by atoms with Gasteiger partial charge in [-0.3, -0.25) is 0 Å². The lowest BCUT2D eigenvalue weighted by Crippen LogP contribution is -2.01. The lowest BCUT2D eigenvalue weighted by molar-refractivity contribution is -0.117. The van der Waals surface area contributed by atoms with Crippen molar-refractivity contribution in [2.75, 3.05) is 0 Å². The molecule has 78 valence electrons. The van der Waals surface area contributed by atoms with Crippen LogP contribution >= 0.6 is 0 Å². The molecule has 1 unspecified atom stereocenters. The Morgan fingerprint density at radius 2 is 2.40 bits per heavy atom. The largest absolute Gasteiger partial charge is 0.361 e. The fourth-order valence-corrected chi connectivity index (χ4v) is 1.91. The molecule has 2 nitrogen and oxygen atoms in total. The number of hydrogen-bond acceptors (Lipinski definition) is 2. The molecular formula is C12H11FO2. The fraction of sp³-hybridized carbons (Fsp3) is 0.250. The van der Waals surface area contributed by atoms with Crippen molar-refractivity contribution in [3.8, 4) is 0 Å². The molecule has 0 saturated carbocycles. The standard InChI is InChI=1S/C12H11FO2/c1-3-8-4-10(13)12-9(7(8)2)6-15-11(12)5-14/h3-5,11H,1,6H2,2H3. The molecule has 0 aromatic heterocycles. The van der Waals surface area contributed by atoms with Crippen LogP contribution in [0.4, 0.5) is 4.39 Å². The molecule has 0 aliphatic carbocycles. The summed E-state index contributed by atoms with van der Waals surface area (Å²) < 4.78 is 18.9. The van der Waals surface area contributed by atoms with Crippen molar-refractivity contribution < 1.29 is 13.9 Å². The smallest absolute Gasteiger partial charge is 0.153 e. The molecule has 0 bridgehead atoms. The van der Waals surface area contributed by atoms with Crippen LogP contribution in [0.15, 0.2) is 12.6 Å². The third-order valence-corrected chi connectivity index (χ3v) is 2.79. The average molecular weight is 206 g/mol. The molecule has 0 fully saturated rings. The Morgan fingerprint density at radius 3 is 3.00 bits per heavy atom. The zero-order valence-electron chi connectivity index (χ0n) is 8.42. The minimum absolute atomic E-state index is 0.295. The summed E-state index contributed by atoms with van der Waals surface area (Å²) in [5.74, 6) is -0.389. The van der Waals surface area contributed by atoms with E-state index < -0.39 is 6.10 Å². The summed E-state index contributed by atoms with van der Waals surface area (Å²) in [7, 11) is 0. The van der Waals surface area contributed by atoms with Crippen molar-refractivity contribution in [1.29, 1.82) is 0 Å². The first-order valence-corrected chi connectivity index (χ1v) is 4.70. The third-order valence-electron chi connectivity index (χ3n) is 2.79. The number of rotatable bonds is 2. The summed E-state index contributed by atoms with van der Waals surface area (Å²) in [4.78, 5) is 10.7. The summed E-state index contributed by atoms with van der Waals surface area (Å²) in [5, 5.41) is 0. The molecule has 1 aromatic carbocycles. The maximum atomic E-state index is 13.7. The summed E-state index contributed by atoms with van der Waals surface area (Å²) in [6.45, 7) is 5.80. The van der Waals surface area contributed by atoms with Crippen LogP contribution in [0, 0.1) is 12.7 Å². The summed E-state index contributed by atoms with van der Waals surface area (Å²) >= 11 is 0. The summed E-state index contributed by atoms with van der Waals surface area (Å²) in [6.07, 6.45) is 1.48. The number of halogens is 1. The normalized spacial score (nSPS) is 18.7. The van der Waals surface area contributed by atoms with Crippen LogP contribution in [0.1, 0.15) is 28.4 Å². The van der Waals surface area contributed by atoms with Crippen molar-refractivity contribution in [3.05, 3.63) is 40.7 Å². The first kappa shape index (κ1) is 10.1. The molecule has 1 aliphatic rings. The number of carbonyl (C=O) groups is 1. The SMILES string of the molecule is C=Cc1cc(F)c2c(c1C)COC2C=O. The van der Waals surface area contributed by atoms with E-state index in [1.807, 2.05) is 6.92 Å². The number of carbonyl (C=O) groups excluding carboxylic acids is 1. The van der Waals surface area contributed by atoms with Crippen LogP contribution in [0.2, 0.25) is 0 Å². The molecule has 2 rings (SSSR count). The predicted molar refractivity (Wildman–Crippen MR) is 54.8 cm³/mol. The monoisotopic (exact) mass is 206 g/mol. The maximum Gasteiger partial charge on any atom is 0.153 e. The van der Waals surface area contributed by atoms with Gasteiger partial charge < -0.3 is 9.53 Å². The van der Waals surface area contributed by atoms with Crippen LogP contribution in [-0.4, -0.2) is 6.29 Å². The van der Waals surface area contributed by atoms with Crippen LogP contribution in [0.3, 0.4) is 0 Å². The van der Waals surface area contributed by atoms with Crippen molar-refractivity contribution in [2.24, 2.45) is 0 Å². The topological polar surface area (TPSA) is 26.3 Å². The van der Waals surface area contributed by atoms with Gasteiger partial charge in [-0.15, -0.1) is 0 Å². The van der Waals surface area contributed by atoms with Gasteiger partial charge >= 0.3 is 0 Å². The quantitative estimate of drug-likeness (QED) is 0.695. The lowest BCUT2D eigenvalue weighted by atomic mass is 9.96. The average Bonchev–Trinajstić information content (AvgIpc) is 2.67. The number of aldehydes is 1. The molecule has 1 aliphatic heterocycles. The molecule has 0 radical (unpaired) electrons. The maximum absolute atomic E-state index is 13.7. The highest BCUT2D eigenvalue weighted by atomic mass is 19.1. The van der Waals surface area contributed by atoms with Gasteiger partial charge in [-0.25, -0.2) is 4.39 Å². The predicted octanol–water partition coefficient (Wildman–Crippen LogP) is 2.55. The van der Waals surface area contributed by atoms with E-state index in [1.54, 1.807) is 6.08 Å². The Labute approximate surface area is 87.4 Å². The van der Waals surface area contributed by atoms with Crippen LogP contribution in [0.25, 0.3) is 6.08 Å². The van der Waals surface area contributed by atoms with Crippen LogP contribution in [0.5, 0.6) is 0 Å². The van der Waals surface area contributed by atoms with E-state index in [2.05, 4.69) is 6.58 Å². The number of fused-ring (bicyclic) bond motifs is 1. The summed E-state index contributed by atoms with van der Waals surface area (Å²) in [5.41, 5.74) is 2.85. The molecular weight excluding hydrogens is 195 g/mol. The molecule has 15 heavy (non-hydrogen) atoms. The van der Waals surface area contributed by atoms with E-state index in [0.29, 0.717) is 18.5 Å². The minimum atomic E-state index is -0.752. The van der Waals surface area contributed by atoms with Gasteiger partial charge in [0, 0.05) is 5.56 Å². The van der Waals surface area contributed by atoms with E-state index in [9.17, 15) is 9.18 Å². The van der Waals surface area contributed by atoms with Gasteiger partial charge in [-0.05, 0) is 29.7 Å². The molecule has 0 amide bonds. The van der Waals surface area contributed by atoms with Gasteiger partial charge in [0.05, 0.1) is 6.61 Å². The highest BCUT2D eigenvalue weighted by molar-refractivity contribution is 5.66. The summed E-state index contributed by atoms with van der Waals surface area (Å²) in [6, 6.07) is 1.40. The van der Waals surface area contributed by atoms with Gasteiger partial charge in [-0.2, -0.15) is 0 Å². The second kappa shape index (κ2) is 3.59. The number of benzene rings is 1. The molecule has 3 heteroatoms. The zero-order valence-corrected chi connectivity index (χ0v) is 8.42. The van der Waals surface area contributed by atoms with E-state index in [4.69, 9.17) is 4.74 Å². The van der Waals surface area contributed by atoms with Gasteiger partial charge in [0.25, 0.3) is 0 Å². The lowest BCUT2D eigenvalue weighted by Gasteiger charge is -2.08. The first-order valence-electron chi connectivity index (χ1n) is 4.70. The molecule has 1 heterocycles. The minimum Gasteiger partial charge on any atom is -0.361 e. The second-order valence-electron chi connectivity index (χ2n) is 3.54. The highest BCUT2D eigenvalue weighted by Crippen LogP contribution is 2.35. The van der Waals surface area contributed by atoms with Crippen LogP contribution < -0.4 is 0 Å². The zero-order chi connectivity index (χ0) is 11.0. The van der Waals surface area contributed by atoms with E-state index in [-0.39, 0.29) is 5.82 Å².